The third kappa shape index (κ3) is 7.48. The Hall–Kier alpha value is -2.92. The molecular formula is C23H37N6O11P. The first-order valence-electron chi connectivity index (χ1n) is 12.8. The molecule has 1 aliphatic heterocycles. The highest BCUT2D eigenvalue weighted by Crippen LogP contribution is 2.47. The van der Waals surface area contributed by atoms with Crippen LogP contribution in [0.1, 0.15) is 40.3 Å². The van der Waals surface area contributed by atoms with Crippen LogP contribution in [0.15, 0.2) is 6.33 Å². The van der Waals surface area contributed by atoms with Crippen molar-refractivity contribution in [3.05, 3.63) is 6.33 Å². The fourth-order valence-corrected chi connectivity index (χ4v) is 5.66. The Labute approximate surface area is 236 Å². The van der Waals surface area contributed by atoms with Gasteiger partial charge in [0.1, 0.15) is 23.9 Å². The normalized spacial score (nSPS) is 24.8. The summed E-state index contributed by atoms with van der Waals surface area (Å²) < 4.78 is 46.6. The van der Waals surface area contributed by atoms with Crippen LogP contribution in [0, 0.1) is 5.92 Å². The SMILES string of the molecule is CCOC(=O)COP(=O)(N[C@@H](CC(C)C)C(=O)OC)OC[C@H]1O[C@@H](n2cnc3c(OC)nc(N)nc32)[C@](C)(O)[C@@H]1O. The van der Waals surface area contributed by atoms with E-state index in [1.54, 1.807) is 6.92 Å². The number of hydrogen-bond acceptors (Lipinski definition) is 15. The molecule has 0 aromatic carbocycles. The molecule has 3 heterocycles. The number of nitrogens with zero attached hydrogens (tertiary/aromatic N) is 4. The van der Waals surface area contributed by atoms with Crippen LogP contribution in [-0.2, 0) is 37.4 Å². The molecule has 0 radical (unpaired) electrons. The molecule has 0 bridgehead atoms. The number of aliphatic hydroxyl groups excluding tert-OH is 1. The van der Waals surface area contributed by atoms with E-state index in [4.69, 9.17) is 33.7 Å². The van der Waals surface area contributed by atoms with Crippen LogP contribution in [0.5, 0.6) is 5.88 Å². The molecule has 2 aromatic heterocycles. The maximum absolute atomic E-state index is 13.7. The highest BCUT2D eigenvalue weighted by atomic mass is 31.2. The van der Waals surface area contributed by atoms with Crippen LogP contribution in [0.4, 0.5) is 5.95 Å². The number of imidazole rings is 1. The summed E-state index contributed by atoms with van der Waals surface area (Å²) in [6.45, 7) is 5.28. The molecule has 41 heavy (non-hydrogen) atoms. The van der Waals surface area contributed by atoms with Crippen LogP contribution in [0.2, 0.25) is 0 Å². The van der Waals surface area contributed by atoms with Gasteiger partial charge in [-0.3, -0.25) is 18.4 Å². The molecule has 0 aliphatic carbocycles. The smallest absolute Gasteiger partial charge is 0.406 e. The fourth-order valence-electron chi connectivity index (χ4n) is 4.23. The summed E-state index contributed by atoms with van der Waals surface area (Å²) in [6, 6.07) is -1.12. The molecule has 1 aliphatic rings. The van der Waals surface area contributed by atoms with E-state index in [9.17, 15) is 24.4 Å². The third-order valence-electron chi connectivity index (χ3n) is 6.18. The number of nitrogens with one attached hydrogen (secondary N) is 1. The van der Waals surface area contributed by atoms with E-state index in [2.05, 4.69) is 20.0 Å². The van der Waals surface area contributed by atoms with Gasteiger partial charge in [0.05, 0.1) is 33.8 Å². The van der Waals surface area contributed by atoms with Crippen LogP contribution in [0.25, 0.3) is 11.2 Å². The maximum Gasteiger partial charge on any atom is 0.406 e. The molecule has 0 amide bonds. The first-order chi connectivity index (χ1) is 19.3. The van der Waals surface area contributed by atoms with E-state index in [1.807, 2.05) is 13.8 Å². The minimum absolute atomic E-state index is 0.0255. The van der Waals surface area contributed by atoms with Gasteiger partial charge < -0.3 is 34.9 Å². The van der Waals surface area contributed by atoms with Gasteiger partial charge >= 0.3 is 19.7 Å². The molecule has 1 fully saturated rings. The van der Waals surface area contributed by atoms with Gasteiger partial charge in [0.25, 0.3) is 0 Å². The zero-order valence-electron chi connectivity index (χ0n) is 23.7. The third-order valence-corrected chi connectivity index (χ3v) is 7.77. The van der Waals surface area contributed by atoms with Crippen molar-refractivity contribution < 1.29 is 52.4 Å². The average molecular weight is 605 g/mol. The number of anilines is 1. The lowest BCUT2D eigenvalue weighted by Gasteiger charge is -2.27. The number of carbonyl (C=O) groups excluding carboxylic acids is 2. The number of aliphatic hydroxyl groups is 2. The Morgan fingerprint density at radius 3 is 2.61 bits per heavy atom. The van der Waals surface area contributed by atoms with Crippen molar-refractivity contribution in [3.63, 3.8) is 0 Å². The first-order valence-corrected chi connectivity index (χ1v) is 14.3. The summed E-state index contributed by atoms with van der Waals surface area (Å²) in [5.41, 5.74) is 4.25. The monoisotopic (exact) mass is 604 g/mol. The number of esters is 2. The van der Waals surface area contributed by atoms with Crippen LogP contribution < -0.4 is 15.6 Å². The molecule has 0 saturated carbocycles. The quantitative estimate of drug-likeness (QED) is 0.168. The van der Waals surface area contributed by atoms with Crippen LogP contribution >= 0.6 is 7.75 Å². The molecule has 2 aromatic rings. The highest BCUT2D eigenvalue weighted by molar-refractivity contribution is 7.51. The number of fused-ring (bicyclic) bond motifs is 1. The van der Waals surface area contributed by atoms with Gasteiger partial charge in [0.15, 0.2) is 24.0 Å². The summed E-state index contributed by atoms with van der Waals surface area (Å²) in [5, 5.41) is 24.7. The Bertz CT molecular complexity index is 1270. The lowest BCUT2D eigenvalue weighted by Crippen LogP contribution is -2.44. The van der Waals surface area contributed by atoms with E-state index in [0.717, 1.165) is 0 Å². The number of rotatable bonds is 14. The molecule has 1 unspecified atom stereocenters. The fraction of sp³-hybridized carbons (Fsp3) is 0.696. The van der Waals surface area contributed by atoms with Crippen molar-refractivity contribution in [2.24, 2.45) is 5.92 Å². The summed E-state index contributed by atoms with van der Waals surface area (Å²) in [5.74, 6) is -1.60. The number of ether oxygens (including phenoxy) is 4. The number of hydrogen-bond donors (Lipinski definition) is 4. The van der Waals surface area contributed by atoms with Crippen molar-refractivity contribution in [3.8, 4) is 5.88 Å². The predicted molar refractivity (Wildman–Crippen MR) is 141 cm³/mol. The van der Waals surface area contributed by atoms with Crippen molar-refractivity contribution in [2.45, 2.75) is 64.2 Å². The Kier molecular flexibility index (Phi) is 10.6. The Morgan fingerprint density at radius 1 is 1.29 bits per heavy atom. The molecule has 230 valence electrons. The van der Waals surface area contributed by atoms with E-state index < -0.39 is 63.0 Å². The maximum atomic E-state index is 13.7. The van der Waals surface area contributed by atoms with Crippen LogP contribution in [-0.4, -0.2) is 99.6 Å². The van der Waals surface area contributed by atoms with E-state index in [1.165, 1.54) is 32.0 Å². The Morgan fingerprint density at radius 2 is 2.00 bits per heavy atom. The predicted octanol–water partition coefficient (Wildman–Crippen LogP) is 0.308. The lowest BCUT2D eigenvalue weighted by molar-refractivity contribution is -0.145. The largest absolute Gasteiger partial charge is 0.479 e. The van der Waals surface area contributed by atoms with E-state index >= 15 is 0 Å². The van der Waals surface area contributed by atoms with Crippen molar-refractivity contribution in [1.29, 1.82) is 0 Å². The van der Waals surface area contributed by atoms with Gasteiger partial charge in [0, 0.05) is 0 Å². The van der Waals surface area contributed by atoms with E-state index in [0.29, 0.717) is 0 Å². The molecule has 3 rings (SSSR count). The second-order valence-corrected chi connectivity index (χ2v) is 11.6. The minimum atomic E-state index is -4.43. The Balaban J connectivity index is 1.85. The molecule has 5 N–H and O–H groups in total. The van der Waals surface area contributed by atoms with Gasteiger partial charge in [-0.1, -0.05) is 13.8 Å². The van der Waals surface area contributed by atoms with Gasteiger partial charge in [0.2, 0.25) is 11.8 Å². The molecule has 0 spiro atoms. The van der Waals surface area contributed by atoms with Gasteiger partial charge in [-0.05, 0) is 26.2 Å². The average Bonchev–Trinajstić information content (AvgIpc) is 3.42. The van der Waals surface area contributed by atoms with Gasteiger partial charge in [-0.25, -0.2) is 19.4 Å². The second-order valence-electron chi connectivity index (χ2n) is 9.82. The zero-order chi connectivity index (χ0) is 30.5. The second kappa shape index (κ2) is 13.4. The summed E-state index contributed by atoms with van der Waals surface area (Å²) in [7, 11) is -1.89. The molecular weight excluding hydrogens is 567 g/mol. The minimum Gasteiger partial charge on any atom is -0.479 e. The van der Waals surface area contributed by atoms with Gasteiger partial charge in [-0.2, -0.15) is 9.97 Å². The van der Waals surface area contributed by atoms with Crippen molar-refractivity contribution in [2.75, 3.05) is 39.8 Å². The highest BCUT2D eigenvalue weighted by Gasteiger charge is 2.54. The van der Waals surface area contributed by atoms with Crippen molar-refractivity contribution in [1.82, 2.24) is 24.6 Å². The summed E-state index contributed by atoms with van der Waals surface area (Å²) in [6.07, 6.45) is -2.59. The zero-order valence-corrected chi connectivity index (χ0v) is 24.6. The molecule has 6 atom stereocenters. The molecule has 17 nitrogen and oxygen atoms in total. The topological polar surface area (TPSA) is 229 Å². The molecule has 18 heteroatoms. The summed E-state index contributed by atoms with van der Waals surface area (Å²) >= 11 is 0. The number of nitrogen functional groups attached to an aromatic ring is 1. The standard InChI is InChI=1S/C23H37N6O11P/c1-7-37-15(30)10-39-41(34,28-13(8-12(2)3)20(32)36-6)38-9-14-17(31)23(4,33)21(40-14)29-11-25-16-18(29)26-22(24)27-19(16)35-5/h11-14,17,21,31,33H,7-10H2,1-6H3,(H,28,34)(H2,24,26,27)/t13-,14+,17+,21+,23+,41?/m0/s1. The number of methoxy groups -OCH3 is 2. The van der Waals surface area contributed by atoms with E-state index in [-0.39, 0.29) is 41.9 Å². The molecule has 1 saturated heterocycles. The number of nitrogens with two attached hydrogens (primary N) is 1. The summed E-state index contributed by atoms with van der Waals surface area (Å²) in [4.78, 5) is 36.6. The number of carbonyl (C=O) groups is 2. The first kappa shape index (κ1) is 32.6. The van der Waals surface area contributed by atoms with Crippen molar-refractivity contribution >= 4 is 36.8 Å². The lowest BCUT2D eigenvalue weighted by atomic mass is 9.96. The van der Waals surface area contributed by atoms with Crippen LogP contribution in [0.3, 0.4) is 0 Å². The number of aromatic nitrogens is 4. The van der Waals surface area contributed by atoms with Gasteiger partial charge in [-0.15, -0.1) is 0 Å².